The van der Waals surface area contributed by atoms with Crippen LogP contribution in [0.3, 0.4) is 0 Å². The molecule has 1 atom stereocenters. The number of nitrogens with zero attached hydrogens (tertiary/aromatic N) is 2. The number of furan rings is 1. The summed E-state index contributed by atoms with van der Waals surface area (Å²) in [7, 11) is 2.21. The van der Waals surface area contributed by atoms with E-state index >= 15 is 0 Å². The molecule has 1 aliphatic rings. The molecule has 3 nitrogen and oxygen atoms in total. The molecular weight excluding hydrogens is 248 g/mol. The van der Waals surface area contributed by atoms with Gasteiger partial charge >= 0.3 is 0 Å². The third kappa shape index (κ3) is 4.95. The third-order valence-electron chi connectivity index (χ3n) is 4.43. The second kappa shape index (κ2) is 7.84. The molecule has 114 valence electrons. The normalized spacial score (nSPS) is 19.6. The smallest absolute Gasteiger partial charge is 0.106 e. The van der Waals surface area contributed by atoms with Crippen LogP contribution in [0, 0.1) is 5.92 Å². The second-order valence-electron chi connectivity index (χ2n) is 6.62. The maximum absolute atomic E-state index is 5.66. The minimum Gasteiger partial charge on any atom is -0.469 e. The fraction of sp³-hybridized carbons (Fsp3) is 0.765. The molecular formula is C17H30N2O. The predicted octanol–water partition coefficient (Wildman–Crippen LogP) is 3.44. The van der Waals surface area contributed by atoms with Gasteiger partial charge in [0.15, 0.2) is 0 Å². The fourth-order valence-electron chi connectivity index (χ4n) is 2.90. The van der Waals surface area contributed by atoms with E-state index in [9.17, 15) is 0 Å². The Bertz CT molecular complexity index is 353. The van der Waals surface area contributed by atoms with Gasteiger partial charge in [-0.3, -0.25) is 0 Å². The lowest BCUT2D eigenvalue weighted by Gasteiger charge is -2.33. The van der Waals surface area contributed by atoms with Gasteiger partial charge in [-0.05, 0) is 44.5 Å². The molecule has 0 aromatic carbocycles. The molecule has 0 N–H and O–H groups in total. The third-order valence-corrected chi connectivity index (χ3v) is 4.43. The summed E-state index contributed by atoms with van der Waals surface area (Å²) in [5, 5.41) is 0. The molecule has 20 heavy (non-hydrogen) atoms. The van der Waals surface area contributed by atoms with E-state index in [0.717, 1.165) is 5.92 Å². The lowest BCUT2D eigenvalue weighted by atomic mass is 9.93. The standard InChI is InChI=1S/C17H30N2O/c1-15(2)6-7-16(17-5-4-14-20-17)8-9-19-12-10-18(3)11-13-19/h4-5,14-16H,6-13H2,1-3H3. The van der Waals surface area contributed by atoms with E-state index in [1.807, 2.05) is 12.3 Å². The van der Waals surface area contributed by atoms with Gasteiger partial charge in [0.25, 0.3) is 0 Å². The zero-order valence-electron chi connectivity index (χ0n) is 13.3. The van der Waals surface area contributed by atoms with Crippen molar-refractivity contribution >= 4 is 0 Å². The van der Waals surface area contributed by atoms with Crippen LogP contribution in [-0.2, 0) is 0 Å². The van der Waals surface area contributed by atoms with Gasteiger partial charge < -0.3 is 14.2 Å². The van der Waals surface area contributed by atoms with E-state index in [1.54, 1.807) is 0 Å². The molecule has 3 heteroatoms. The van der Waals surface area contributed by atoms with E-state index in [1.165, 1.54) is 57.7 Å². The Morgan fingerprint density at radius 3 is 2.45 bits per heavy atom. The van der Waals surface area contributed by atoms with Crippen molar-refractivity contribution in [1.82, 2.24) is 9.80 Å². The Labute approximate surface area is 123 Å². The van der Waals surface area contributed by atoms with Crippen molar-refractivity contribution in [3.05, 3.63) is 24.2 Å². The van der Waals surface area contributed by atoms with Crippen LogP contribution in [0.15, 0.2) is 22.8 Å². The van der Waals surface area contributed by atoms with Crippen molar-refractivity contribution in [2.75, 3.05) is 39.8 Å². The minimum absolute atomic E-state index is 0.590. The minimum atomic E-state index is 0.590. The molecule has 1 fully saturated rings. The van der Waals surface area contributed by atoms with Crippen molar-refractivity contribution in [2.24, 2.45) is 5.92 Å². The quantitative estimate of drug-likeness (QED) is 0.762. The summed E-state index contributed by atoms with van der Waals surface area (Å²) < 4.78 is 5.66. The van der Waals surface area contributed by atoms with Crippen LogP contribution in [0.25, 0.3) is 0 Å². The molecule has 2 heterocycles. The summed E-state index contributed by atoms with van der Waals surface area (Å²) >= 11 is 0. The number of rotatable bonds is 7. The number of hydrogen-bond acceptors (Lipinski definition) is 3. The number of piperazine rings is 1. The maximum atomic E-state index is 5.66. The maximum Gasteiger partial charge on any atom is 0.106 e. The van der Waals surface area contributed by atoms with Crippen molar-refractivity contribution in [1.29, 1.82) is 0 Å². The summed E-state index contributed by atoms with van der Waals surface area (Å²) in [5.41, 5.74) is 0. The highest BCUT2D eigenvalue weighted by Crippen LogP contribution is 2.27. The van der Waals surface area contributed by atoms with Gasteiger partial charge in [0, 0.05) is 32.1 Å². The molecule has 0 saturated carbocycles. The average Bonchev–Trinajstić information content (AvgIpc) is 2.94. The topological polar surface area (TPSA) is 19.6 Å². The number of likely N-dealkylation sites (N-methyl/N-ethyl adjacent to an activating group) is 1. The van der Waals surface area contributed by atoms with Gasteiger partial charge in [-0.1, -0.05) is 20.3 Å². The molecule has 0 spiro atoms. The first-order chi connectivity index (χ1) is 9.65. The van der Waals surface area contributed by atoms with Crippen molar-refractivity contribution < 1.29 is 4.42 Å². The van der Waals surface area contributed by atoms with Crippen molar-refractivity contribution in [3.63, 3.8) is 0 Å². The van der Waals surface area contributed by atoms with Crippen LogP contribution >= 0.6 is 0 Å². The van der Waals surface area contributed by atoms with Gasteiger partial charge in [-0.25, -0.2) is 0 Å². The van der Waals surface area contributed by atoms with Crippen LogP contribution in [0.2, 0.25) is 0 Å². The lowest BCUT2D eigenvalue weighted by Crippen LogP contribution is -2.44. The molecule has 2 rings (SSSR count). The van der Waals surface area contributed by atoms with Gasteiger partial charge in [0.2, 0.25) is 0 Å². The molecule has 0 aliphatic carbocycles. The Kier molecular flexibility index (Phi) is 6.11. The molecule has 1 saturated heterocycles. The summed E-state index contributed by atoms with van der Waals surface area (Å²) in [6.45, 7) is 10.7. The monoisotopic (exact) mass is 278 g/mol. The summed E-state index contributed by atoms with van der Waals surface area (Å²) in [4.78, 5) is 5.02. The van der Waals surface area contributed by atoms with Crippen LogP contribution in [-0.4, -0.2) is 49.6 Å². The predicted molar refractivity (Wildman–Crippen MR) is 84.1 cm³/mol. The van der Waals surface area contributed by atoms with Crippen molar-refractivity contribution in [3.8, 4) is 0 Å². The highest BCUT2D eigenvalue weighted by Gasteiger charge is 2.19. The van der Waals surface area contributed by atoms with Gasteiger partial charge in [0.1, 0.15) is 5.76 Å². The summed E-state index contributed by atoms with van der Waals surface area (Å²) in [6, 6.07) is 4.17. The zero-order valence-corrected chi connectivity index (χ0v) is 13.3. The molecule has 1 aromatic heterocycles. The first kappa shape index (κ1) is 15.6. The van der Waals surface area contributed by atoms with Crippen LogP contribution in [0.5, 0.6) is 0 Å². The number of hydrogen-bond donors (Lipinski definition) is 0. The Balaban J connectivity index is 1.81. The van der Waals surface area contributed by atoms with Gasteiger partial charge in [-0.15, -0.1) is 0 Å². The van der Waals surface area contributed by atoms with Crippen LogP contribution in [0.4, 0.5) is 0 Å². The van der Waals surface area contributed by atoms with E-state index in [2.05, 4.69) is 36.8 Å². The van der Waals surface area contributed by atoms with Gasteiger partial charge in [-0.2, -0.15) is 0 Å². The first-order valence-electron chi connectivity index (χ1n) is 8.09. The first-order valence-corrected chi connectivity index (χ1v) is 8.09. The highest BCUT2D eigenvalue weighted by molar-refractivity contribution is 5.05. The van der Waals surface area contributed by atoms with Crippen LogP contribution < -0.4 is 0 Å². The SMILES string of the molecule is CC(C)CCC(CCN1CCN(C)CC1)c1ccco1. The molecule has 0 radical (unpaired) electrons. The average molecular weight is 278 g/mol. The Hall–Kier alpha value is -0.800. The molecule has 0 amide bonds. The lowest BCUT2D eigenvalue weighted by molar-refractivity contribution is 0.148. The van der Waals surface area contributed by atoms with Crippen LogP contribution in [0.1, 0.15) is 44.8 Å². The second-order valence-corrected chi connectivity index (χ2v) is 6.62. The molecule has 0 bridgehead atoms. The summed E-state index contributed by atoms with van der Waals surface area (Å²) in [5.74, 6) is 2.54. The van der Waals surface area contributed by atoms with E-state index < -0.39 is 0 Å². The van der Waals surface area contributed by atoms with Gasteiger partial charge in [0.05, 0.1) is 6.26 Å². The molecule has 1 unspecified atom stereocenters. The molecule has 1 aliphatic heterocycles. The fourth-order valence-corrected chi connectivity index (χ4v) is 2.90. The largest absolute Gasteiger partial charge is 0.469 e. The Morgan fingerprint density at radius 2 is 1.85 bits per heavy atom. The van der Waals surface area contributed by atoms with E-state index in [4.69, 9.17) is 4.42 Å². The van der Waals surface area contributed by atoms with Crippen molar-refractivity contribution in [2.45, 2.75) is 39.0 Å². The Morgan fingerprint density at radius 1 is 1.10 bits per heavy atom. The zero-order chi connectivity index (χ0) is 14.4. The van der Waals surface area contributed by atoms with E-state index in [-0.39, 0.29) is 0 Å². The molecule has 1 aromatic rings. The summed E-state index contributed by atoms with van der Waals surface area (Å²) in [6.07, 6.45) is 5.57. The van der Waals surface area contributed by atoms with E-state index in [0.29, 0.717) is 5.92 Å². The highest BCUT2D eigenvalue weighted by atomic mass is 16.3.